The van der Waals surface area contributed by atoms with E-state index in [9.17, 15) is 68.0 Å². The van der Waals surface area contributed by atoms with Crippen LogP contribution in [0.4, 0.5) is 14.5 Å². The molecule has 0 radical (unpaired) electrons. The van der Waals surface area contributed by atoms with Crippen molar-refractivity contribution in [2.45, 2.75) is 86.2 Å². The molecule has 4 aromatic carbocycles. The van der Waals surface area contributed by atoms with E-state index in [0.717, 1.165) is 12.1 Å². The number of aromatic hydroxyl groups is 1. The van der Waals surface area contributed by atoms with Gasteiger partial charge in [0.25, 0.3) is 0 Å². The fraction of sp³-hybridized carbons (Fsp3) is 0.419. The summed E-state index contributed by atoms with van der Waals surface area (Å²) in [6, 6.07) is 19.7. The lowest BCUT2D eigenvalue weighted by molar-refractivity contribution is -0.341. The lowest BCUT2D eigenvalue weighted by atomic mass is 9.77. The molecule has 1 amide bonds. The minimum absolute atomic E-state index is 0.0300. The van der Waals surface area contributed by atoms with Crippen LogP contribution in [0.5, 0.6) is 11.5 Å². The van der Waals surface area contributed by atoms with Gasteiger partial charge in [-0.1, -0.05) is 36.4 Å². The monoisotopic (exact) mass is 903 g/mol. The summed E-state index contributed by atoms with van der Waals surface area (Å²) in [6.07, 6.45) is -18.8. The van der Waals surface area contributed by atoms with E-state index in [1.165, 1.54) is 65.6 Å². The number of hydrogen-bond acceptors (Lipinski definition) is 16. The van der Waals surface area contributed by atoms with E-state index in [0.29, 0.717) is 16.7 Å². The maximum Gasteiger partial charge on any atom is 0.311 e. The highest BCUT2D eigenvalue weighted by molar-refractivity contribution is 7.87. The molecule has 4 aromatic rings. The molecule has 3 aliphatic heterocycles. The number of nitrogens with zero attached hydrogens (tertiary/aromatic N) is 1. The van der Waals surface area contributed by atoms with Crippen LogP contribution in [-0.4, -0.2) is 140 Å². The molecule has 0 bridgehead atoms. The fourth-order valence-corrected chi connectivity index (χ4v) is 9.29. The lowest BCUT2D eigenvalue weighted by Gasteiger charge is -2.48. The van der Waals surface area contributed by atoms with Crippen molar-refractivity contribution in [3.05, 3.63) is 114 Å². The maximum atomic E-state index is 14.1. The van der Waals surface area contributed by atoms with Crippen molar-refractivity contribution in [2.24, 2.45) is 5.92 Å². The molecule has 3 fully saturated rings. The first-order valence-electron chi connectivity index (χ1n) is 20.0. The predicted molar refractivity (Wildman–Crippen MR) is 215 cm³/mol. The van der Waals surface area contributed by atoms with E-state index in [2.05, 4.69) is 0 Å². The number of phenols is 1. The second kappa shape index (κ2) is 19.2. The quantitative estimate of drug-likeness (QED) is 0.0593. The number of amides is 1. The SMILES string of the molecule is O=C1C(CCC(O)c2ccc(F)cc2)C(c2ccc(-c3ccc(O)cc3)cc2OS(=O)(=O)CC2OC(CO)C(OC3OC(CO)C(O)C(O)C3O)C(O)C2O)N1c1ccc(F)cc1. The predicted octanol–water partition coefficient (Wildman–Crippen LogP) is 0.930. The van der Waals surface area contributed by atoms with Crippen LogP contribution >= 0.6 is 0 Å². The topological polar surface area (TPSA) is 273 Å². The molecule has 20 heteroatoms. The standard InChI is InChI=1S/C43H47F2NO16S/c44-24-6-1-22(2-7-24)30(50)16-15-29-35(46(42(29)56)26-10-8-25(45)9-11-26)28-14-5-23(21-3-12-27(49)13-4-21)17-31(28)62-63(57,58)20-34-37(52)39(54)41(33(19-48)59-34)61-43-40(55)38(53)36(51)32(18-47)60-43/h1-14,17,29-30,32-41,43,47-55H,15-16,18-20H2. The summed E-state index contributed by atoms with van der Waals surface area (Å²) in [5.41, 5.74) is 1.75. The summed E-state index contributed by atoms with van der Waals surface area (Å²) in [5, 5.41) is 93.8. The van der Waals surface area contributed by atoms with E-state index in [-0.39, 0.29) is 35.6 Å². The molecular weight excluding hydrogens is 857 g/mol. The number of hydrogen-bond donors (Lipinski definition) is 9. The van der Waals surface area contributed by atoms with Crippen LogP contribution in [0.25, 0.3) is 11.1 Å². The summed E-state index contributed by atoms with van der Waals surface area (Å²) >= 11 is 0. The second-order valence-corrected chi connectivity index (χ2v) is 17.3. The van der Waals surface area contributed by atoms with E-state index in [4.69, 9.17) is 18.4 Å². The van der Waals surface area contributed by atoms with Gasteiger partial charge in [-0.3, -0.25) is 4.79 Å². The summed E-state index contributed by atoms with van der Waals surface area (Å²) in [4.78, 5) is 15.3. The minimum atomic E-state index is -4.87. The van der Waals surface area contributed by atoms with Gasteiger partial charge < -0.3 is 69.3 Å². The lowest BCUT2D eigenvalue weighted by Crippen LogP contribution is -2.65. The molecule has 7 rings (SSSR count). The largest absolute Gasteiger partial charge is 0.508 e. The van der Waals surface area contributed by atoms with Crippen LogP contribution in [0.2, 0.25) is 0 Å². The van der Waals surface area contributed by atoms with Crippen LogP contribution in [0, 0.1) is 17.6 Å². The highest BCUT2D eigenvalue weighted by Gasteiger charge is 2.52. The molecular formula is C43H47F2NO16S. The molecule has 3 saturated heterocycles. The van der Waals surface area contributed by atoms with Gasteiger partial charge >= 0.3 is 10.1 Å². The number of benzene rings is 4. The smallest absolute Gasteiger partial charge is 0.311 e. The van der Waals surface area contributed by atoms with E-state index in [1.54, 1.807) is 18.2 Å². The van der Waals surface area contributed by atoms with Gasteiger partial charge in [-0.15, -0.1) is 0 Å². The zero-order chi connectivity index (χ0) is 45.3. The Balaban J connectivity index is 1.18. The van der Waals surface area contributed by atoms with Crippen molar-refractivity contribution >= 4 is 21.7 Å². The van der Waals surface area contributed by atoms with Gasteiger partial charge in [-0.2, -0.15) is 8.42 Å². The van der Waals surface area contributed by atoms with Crippen molar-refractivity contribution in [2.75, 3.05) is 23.9 Å². The van der Waals surface area contributed by atoms with Crippen molar-refractivity contribution < 1.29 is 86.3 Å². The average molecular weight is 904 g/mol. The minimum Gasteiger partial charge on any atom is -0.508 e. The van der Waals surface area contributed by atoms with E-state index < -0.39 is 126 Å². The van der Waals surface area contributed by atoms with Gasteiger partial charge in [0.15, 0.2) is 6.29 Å². The number of halogens is 2. The molecule has 3 aliphatic rings. The number of phenolic OH excluding ortho intramolecular Hbond substituents is 1. The normalized spacial score (nSPS) is 30.4. The third kappa shape index (κ3) is 9.87. The summed E-state index contributed by atoms with van der Waals surface area (Å²) < 4.78 is 78.2. The number of anilines is 1. The highest BCUT2D eigenvalue weighted by Crippen LogP contribution is 2.50. The molecule has 0 saturated carbocycles. The zero-order valence-corrected chi connectivity index (χ0v) is 34.0. The Morgan fingerprint density at radius 3 is 1.95 bits per heavy atom. The Morgan fingerprint density at radius 1 is 0.714 bits per heavy atom. The molecule has 17 nitrogen and oxygen atoms in total. The van der Waals surface area contributed by atoms with Crippen molar-refractivity contribution in [1.29, 1.82) is 0 Å². The Bertz CT molecular complexity index is 2300. The average Bonchev–Trinajstić information content (AvgIpc) is 3.26. The number of carbonyl (C=O) groups is 1. The van der Waals surface area contributed by atoms with Gasteiger partial charge in [0.05, 0.1) is 31.3 Å². The summed E-state index contributed by atoms with van der Waals surface area (Å²) in [6.45, 7) is -1.73. The van der Waals surface area contributed by atoms with Crippen LogP contribution in [-0.2, 0) is 29.1 Å². The van der Waals surface area contributed by atoms with E-state index >= 15 is 0 Å². The molecule has 9 N–H and O–H groups in total. The molecule has 63 heavy (non-hydrogen) atoms. The number of carbonyl (C=O) groups excluding carboxylic acids is 1. The van der Waals surface area contributed by atoms with Crippen LogP contribution < -0.4 is 9.08 Å². The molecule has 13 atom stereocenters. The van der Waals surface area contributed by atoms with Crippen molar-refractivity contribution in [3.8, 4) is 22.6 Å². The summed E-state index contributed by atoms with van der Waals surface area (Å²) in [5.74, 6) is -3.87. The van der Waals surface area contributed by atoms with Gasteiger partial charge in [-0.05, 0) is 84.1 Å². The number of rotatable bonds is 15. The Hall–Kier alpha value is -4.68. The highest BCUT2D eigenvalue weighted by atomic mass is 32.2. The number of aliphatic hydroxyl groups excluding tert-OH is 8. The number of aliphatic hydroxyl groups is 8. The maximum absolute atomic E-state index is 14.1. The van der Waals surface area contributed by atoms with Crippen molar-refractivity contribution in [1.82, 2.24) is 0 Å². The van der Waals surface area contributed by atoms with Gasteiger partial charge in [0.2, 0.25) is 5.91 Å². The second-order valence-electron chi connectivity index (χ2n) is 15.7. The number of ether oxygens (including phenoxy) is 3. The molecule has 3 heterocycles. The van der Waals surface area contributed by atoms with Crippen LogP contribution in [0.3, 0.4) is 0 Å². The van der Waals surface area contributed by atoms with Gasteiger partial charge in [-0.25, -0.2) is 8.78 Å². The molecule has 0 aromatic heterocycles. The molecule has 0 spiro atoms. The first-order chi connectivity index (χ1) is 30.0. The first kappa shape index (κ1) is 46.3. The number of β-lactam (4-membered cyclic amide) rings is 1. The van der Waals surface area contributed by atoms with Gasteiger partial charge in [0.1, 0.15) is 83.8 Å². The van der Waals surface area contributed by atoms with Crippen molar-refractivity contribution in [3.63, 3.8) is 0 Å². The Morgan fingerprint density at radius 2 is 1.32 bits per heavy atom. The third-order valence-corrected chi connectivity index (χ3v) is 12.7. The molecule has 340 valence electrons. The third-order valence-electron chi connectivity index (χ3n) is 11.5. The first-order valence-corrected chi connectivity index (χ1v) is 21.5. The van der Waals surface area contributed by atoms with Crippen LogP contribution in [0.1, 0.15) is 36.1 Å². The molecule has 13 unspecified atom stereocenters. The Kier molecular flexibility index (Phi) is 14.1. The van der Waals surface area contributed by atoms with Gasteiger partial charge in [0, 0.05) is 11.3 Å². The fourth-order valence-electron chi connectivity index (χ4n) is 8.12. The molecule has 0 aliphatic carbocycles. The van der Waals surface area contributed by atoms with Crippen LogP contribution in [0.15, 0.2) is 91.0 Å². The van der Waals surface area contributed by atoms with E-state index in [1.807, 2.05) is 0 Å². The Labute approximate surface area is 359 Å². The zero-order valence-electron chi connectivity index (χ0n) is 33.2. The summed E-state index contributed by atoms with van der Waals surface area (Å²) in [7, 11) is -4.87.